The molecule has 1 N–H and O–H groups in total. The number of nitrogens with one attached hydrogen (secondary N) is 1. The Labute approximate surface area is 203 Å². The second kappa shape index (κ2) is 9.34. The summed E-state index contributed by atoms with van der Waals surface area (Å²) in [7, 11) is 0. The van der Waals surface area contributed by atoms with Gasteiger partial charge in [0.15, 0.2) is 11.5 Å². The van der Waals surface area contributed by atoms with Gasteiger partial charge in [-0.3, -0.25) is 4.79 Å². The molecule has 0 spiro atoms. The molecule has 0 radical (unpaired) electrons. The summed E-state index contributed by atoms with van der Waals surface area (Å²) in [5.41, 5.74) is 0.936. The number of carbonyl (C=O) groups is 1. The Kier molecular flexibility index (Phi) is 6.45. The van der Waals surface area contributed by atoms with Gasteiger partial charge in [-0.1, -0.05) is 35.3 Å². The number of ether oxygens (including phenoxy) is 4. The van der Waals surface area contributed by atoms with Gasteiger partial charge in [-0.2, -0.15) is 0 Å². The van der Waals surface area contributed by atoms with E-state index in [4.69, 9.17) is 42.1 Å². The zero-order valence-electron chi connectivity index (χ0n) is 18.3. The Morgan fingerprint density at radius 1 is 0.879 bits per heavy atom. The van der Waals surface area contributed by atoms with Gasteiger partial charge in [-0.25, -0.2) is 0 Å². The molecule has 3 aliphatic rings. The van der Waals surface area contributed by atoms with Crippen molar-refractivity contribution < 1.29 is 23.7 Å². The highest BCUT2D eigenvalue weighted by atomic mass is 35.5. The molecular weight excluding hydrogens is 465 g/mol. The van der Waals surface area contributed by atoms with Gasteiger partial charge in [0, 0.05) is 48.4 Å². The molecule has 5 rings (SSSR count). The summed E-state index contributed by atoms with van der Waals surface area (Å²) >= 11 is 12.7. The summed E-state index contributed by atoms with van der Waals surface area (Å²) in [5.74, 6) is 1.48. The van der Waals surface area contributed by atoms with Gasteiger partial charge in [0.05, 0.1) is 5.41 Å². The molecule has 1 amide bonds. The van der Waals surface area contributed by atoms with E-state index in [0.717, 1.165) is 35.5 Å². The number of carbonyl (C=O) groups excluding carboxylic acids is 1. The Morgan fingerprint density at radius 3 is 2.30 bits per heavy atom. The second-order valence-corrected chi connectivity index (χ2v) is 9.81. The monoisotopic (exact) mass is 491 g/mol. The fourth-order valence-corrected chi connectivity index (χ4v) is 5.78. The van der Waals surface area contributed by atoms with E-state index in [9.17, 15) is 4.79 Å². The molecule has 0 bridgehead atoms. The Bertz CT molecular complexity index is 1030. The number of fused-ring (bicyclic) bond motifs is 1. The van der Waals surface area contributed by atoms with E-state index in [-0.39, 0.29) is 18.1 Å². The second-order valence-electron chi connectivity index (χ2n) is 8.96. The predicted molar refractivity (Wildman–Crippen MR) is 125 cm³/mol. The highest BCUT2D eigenvalue weighted by Gasteiger charge is 2.44. The molecule has 8 heteroatoms. The standard InChI is InChI=1S/C25H27Cl2NO5/c26-18-2-3-19(20(27)14-18)25(7-11-31-12-8-25)23(29)28-15-24(5-9-30-10-6-24)17-1-4-21-22(13-17)33-16-32-21/h1-4,13-14H,5-12,15-16H2,(H,28,29). The Morgan fingerprint density at radius 2 is 1.58 bits per heavy atom. The molecule has 2 aromatic rings. The van der Waals surface area contributed by atoms with E-state index < -0.39 is 5.41 Å². The number of hydrogen-bond acceptors (Lipinski definition) is 5. The molecule has 2 aromatic carbocycles. The van der Waals surface area contributed by atoms with Gasteiger partial charge < -0.3 is 24.3 Å². The zero-order valence-corrected chi connectivity index (χ0v) is 19.8. The predicted octanol–water partition coefficient (Wildman–Crippen LogP) is 4.63. The van der Waals surface area contributed by atoms with Gasteiger partial charge in [0.25, 0.3) is 0 Å². The third kappa shape index (κ3) is 4.30. The van der Waals surface area contributed by atoms with E-state index in [1.54, 1.807) is 12.1 Å². The maximum absolute atomic E-state index is 13.8. The first-order valence-electron chi connectivity index (χ1n) is 11.3. The van der Waals surface area contributed by atoms with Crippen molar-refractivity contribution in [1.29, 1.82) is 0 Å². The third-order valence-corrected chi connectivity index (χ3v) is 7.80. The van der Waals surface area contributed by atoms with E-state index in [1.165, 1.54) is 0 Å². The highest BCUT2D eigenvalue weighted by Crippen LogP contribution is 2.42. The fourth-order valence-electron chi connectivity index (χ4n) is 5.19. The van der Waals surface area contributed by atoms with Crippen LogP contribution < -0.4 is 14.8 Å². The normalized spacial score (nSPS) is 20.9. The van der Waals surface area contributed by atoms with Crippen molar-refractivity contribution in [1.82, 2.24) is 5.32 Å². The van der Waals surface area contributed by atoms with Crippen LogP contribution in [0.15, 0.2) is 36.4 Å². The van der Waals surface area contributed by atoms with Crippen molar-refractivity contribution in [3.8, 4) is 11.5 Å². The topological polar surface area (TPSA) is 66.0 Å². The largest absolute Gasteiger partial charge is 0.454 e. The molecule has 176 valence electrons. The molecule has 2 saturated heterocycles. The van der Waals surface area contributed by atoms with Crippen LogP contribution in [-0.2, 0) is 25.1 Å². The summed E-state index contributed by atoms with van der Waals surface area (Å²) in [5, 5.41) is 4.36. The molecule has 2 fully saturated rings. The minimum Gasteiger partial charge on any atom is -0.454 e. The molecule has 33 heavy (non-hydrogen) atoms. The number of hydrogen-bond donors (Lipinski definition) is 1. The number of benzene rings is 2. The summed E-state index contributed by atoms with van der Waals surface area (Å²) in [6.45, 7) is 3.04. The lowest BCUT2D eigenvalue weighted by molar-refractivity contribution is -0.131. The highest BCUT2D eigenvalue weighted by molar-refractivity contribution is 6.35. The van der Waals surface area contributed by atoms with E-state index in [1.807, 2.05) is 18.2 Å². The average molecular weight is 492 g/mol. The minimum absolute atomic E-state index is 0.0263. The first-order valence-corrected chi connectivity index (χ1v) is 12.1. The molecule has 0 saturated carbocycles. The van der Waals surface area contributed by atoms with Crippen LogP contribution in [0.4, 0.5) is 0 Å². The van der Waals surface area contributed by atoms with Crippen molar-refractivity contribution in [2.75, 3.05) is 39.8 Å². The van der Waals surface area contributed by atoms with Gasteiger partial charge in [-0.15, -0.1) is 0 Å². The molecule has 3 heterocycles. The van der Waals surface area contributed by atoms with Crippen LogP contribution in [0.1, 0.15) is 36.8 Å². The van der Waals surface area contributed by atoms with Crippen LogP contribution in [0, 0.1) is 0 Å². The van der Waals surface area contributed by atoms with Gasteiger partial charge in [0.2, 0.25) is 12.7 Å². The maximum atomic E-state index is 13.8. The van der Waals surface area contributed by atoms with Gasteiger partial charge >= 0.3 is 0 Å². The maximum Gasteiger partial charge on any atom is 0.231 e. The molecule has 6 nitrogen and oxygen atoms in total. The molecule has 0 atom stereocenters. The van der Waals surface area contributed by atoms with Gasteiger partial charge in [0.1, 0.15) is 0 Å². The molecule has 0 aromatic heterocycles. The van der Waals surface area contributed by atoms with E-state index in [0.29, 0.717) is 55.9 Å². The minimum atomic E-state index is -0.749. The third-order valence-electron chi connectivity index (χ3n) is 7.25. The van der Waals surface area contributed by atoms with Crippen LogP contribution in [0.2, 0.25) is 10.0 Å². The van der Waals surface area contributed by atoms with Gasteiger partial charge in [-0.05, 0) is 61.1 Å². The lowest BCUT2D eigenvalue weighted by Gasteiger charge is -2.41. The first kappa shape index (κ1) is 22.8. The number of rotatable bonds is 5. The first-order chi connectivity index (χ1) is 16.0. The summed E-state index contributed by atoms with van der Waals surface area (Å²) in [6, 6.07) is 11.4. The zero-order chi connectivity index (χ0) is 22.9. The van der Waals surface area contributed by atoms with Crippen molar-refractivity contribution >= 4 is 29.1 Å². The van der Waals surface area contributed by atoms with Crippen molar-refractivity contribution in [2.24, 2.45) is 0 Å². The van der Waals surface area contributed by atoms with Crippen LogP contribution in [0.5, 0.6) is 11.5 Å². The molecule has 0 unspecified atom stereocenters. The van der Waals surface area contributed by atoms with Crippen LogP contribution in [0.3, 0.4) is 0 Å². The van der Waals surface area contributed by atoms with Crippen LogP contribution >= 0.6 is 23.2 Å². The number of halogens is 2. The van der Waals surface area contributed by atoms with E-state index >= 15 is 0 Å². The lowest BCUT2D eigenvalue weighted by Crippen LogP contribution is -2.52. The Balaban J connectivity index is 1.43. The smallest absolute Gasteiger partial charge is 0.231 e. The summed E-state index contributed by atoms with van der Waals surface area (Å²) < 4.78 is 22.4. The van der Waals surface area contributed by atoms with Crippen molar-refractivity contribution in [3.05, 3.63) is 57.6 Å². The fraction of sp³-hybridized carbons (Fsp3) is 0.480. The molecule has 0 aliphatic carbocycles. The number of amides is 1. The summed E-state index contributed by atoms with van der Waals surface area (Å²) in [4.78, 5) is 13.8. The van der Waals surface area contributed by atoms with Crippen molar-refractivity contribution in [2.45, 2.75) is 36.5 Å². The SMILES string of the molecule is O=C(NCC1(c2ccc3c(c2)OCO3)CCOCC1)C1(c2ccc(Cl)cc2Cl)CCOCC1. The Hall–Kier alpha value is -1.99. The summed E-state index contributed by atoms with van der Waals surface area (Å²) in [6.07, 6.45) is 2.76. The quantitative estimate of drug-likeness (QED) is 0.659. The lowest BCUT2D eigenvalue weighted by atomic mass is 9.71. The van der Waals surface area contributed by atoms with E-state index in [2.05, 4.69) is 11.4 Å². The molecular formula is C25H27Cl2NO5. The average Bonchev–Trinajstić information content (AvgIpc) is 3.31. The van der Waals surface area contributed by atoms with Crippen molar-refractivity contribution in [3.63, 3.8) is 0 Å². The van der Waals surface area contributed by atoms with Crippen LogP contribution in [-0.4, -0.2) is 45.7 Å². The molecule has 3 aliphatic heterocycles. The van der Waals surface area contributed by atoms with Crippen LogP contribution in [0.25, 0.3) is 0 Å².